The zero-order valence-corrected chi connectivity index (χ0v) is 12.3. The van der Waals surface area contributed by atoms with Crippen LogP contribution in [0, 0.1) is 5.92 Å². The average molecular weight is 294 g/mol. The smallest absolute Gasteiger partial charge is 0.166 e. The van der Waals surface area contributed by atoms with Gasteiger partial charge in [-0.25, -0.2) is 0 Å². The molecule has 0 aliphatic heterocycles. The maximum atomic E-state index is 12.5. The summed E-state index contributed by atoms with van der Waals surface area (Å²) in [7, 11) is 0. The highest BCUT2D eigenvalue weighted by molar-refractivity contribution is 5.75. The first-order valence-corrected chi connectivity index (χ1v) is 7.56. The summed E-state index contributed by atoms with van der Waals surface area (Å²) in [4.78, 5) is 0. The van der Waals surface area contributed by atoms with Gasteiger partial charge >= 0.3 is 6.18 Å². The third-order valence-corrected chi connectivity index (χ3v) is 3.91. The Morgan fingerprint density at radius 1 is 1.10 bits per heavy atom. The quantitative estimate of drug-likeness (QED) is 0.563. The van der Waals surface area contributed by atoms with Crippen LogP contribution < -0.4 is 0 Å². The molecule has 0 fully saturated rings. The summed E-state index contributed by atoms with van der Waals surface area (Å²) in [6.07, 6.45) is 8.03. The van der Waals surface area contributed by atoms with Gasteiger partial charge in [-0.05, 0) is 42.0 Å². The topological polar surface area (TPSA) is 0 Å². The first-order chi connectivity index (χ1) is 10.0. The van der Waals surface area contributed by atoms with Crippen LogP contribution in [-0.2, 0) is 6.18 Å². The predicted octanol–water partition coefficient (Wildman–Crippen LogP) is 6.25. The lowest BCUT2D eigenvalue weighted by atomic mass is 9.89. The highest BCUT2D eigenvalue weighted by Crippen LogP contribution is 2.32. The normalized spacial score (nSPS) is 18.7. The van der Waals surface area contributed by atoms with Gasteiger partial charge in [0.25, 0.3) is 0 Å². The fourth-order valence-electron chi connectivity index (χ4n) is 2.60. The van der Waals surface area contributed by atoms with Gasteiger partial charge < -0.3 is 0 Å². The highest BCUT2D eigenvalue weighted by atomic mass is 19.4. The standard InChI is InChI=1S/C18H21F3/c1-2-3-4-5-14-6-8-15(9-7-14)16-10-12-17(13-11-16)18(19,20)21/h6,8-14H,2-5,7H2,1H3. The van der Waals surface area contributed by atoms with Crippen LogP contribution in [0.5, 0.6) is 0 Å². The molecule has 1 aromatic rings. The monoisotopic (exact) mass is 294 g/mol. The number of hydrogen-bond donors (Lipinski definition) is 0. The average Bonchev–Trinajstić information content (AvgIpc) is 2.48. The Kier molecular flexibility index (Phi) is 5.27. The molecular weight excluding hydrogens is 273 g/mol. The third kappa shape index (κ3) is 4.48. The third-order valence-electron chi connectivity index (χ3n) is 3.91. The zero-order chi connectivity index (χ0) is 15.3. The Balaban J connectivity index is 1.97. The van der Waals surface area contributed by atoms with E-state index in [1.54, 1.807) is 12.1 Å². The van der Waals surface area contributed by atoms with Gasteiger partial charge in [-0.3, -0.25) is 0 Å². The summed E-state index contributed by atoms with van der Waals surface area (Å²) in [5.74, 6) is 0.578. The van der Waals surface area contributed by atoms with E-state index in [1.807, 2.05) is 6.08 Å². The largest absolute Gasteiger partial charge is 0.416 e. The number of unbranched alkanes of at least 4 members (excludes halogenated alkanes) is 2. The van der Waals surface area contributed by atoms with E-state index in [0.29, 0.717) is 5.92 Å². The number of rotatable bonds is 5. The molecule has 1 aliphatic rings. The van der Waals surface area contributed by atoms with Crippen molar-refractivity contribution in [3.8, 4) is 0 Å². The minimum atomic E-state index is -4.26. The Morgan fingerprint density at radius 2 is 1.81 bits per heavy atom. The van der Waals surface area contributed by atoms with Gasteiger partial charge in [0.1, 0.15) is 0 Å². The number of benzene rings is 1. The van der Waals surface area contributed by atoms with Crippen molar-refractivity contribution in [1.29, 1.82) is 0 Å². The van der Waals surface area contributed by atoms with Crippen molar-refractivity contribution in [2.45, 2.75) is 45.2 Å². The number of hydrogen-bond acceptors (Lipinski definition) is 0. The van der Waals surface area contributed by atoms with Gasteiger partial charge in [0.15, 0.2) is 0 Å². The van der Waals surface area contributed by atoms with E-state index in [9.17, 15) is 13.2 Å². The molecule has 1 atom stereocenters. The molecule has 1 aromatic carbocycles. The van der Waals surface area contributed by atoms with Gasteiger partial charge in [0, 0.05) is 0 Å². The molecule has 0 saturated heterocycles. The maximum absolute atomic E-state index is 12.5. The van der Waals surface area contributed by atoms with Gasteiger partial charge in [-0.1, -0.05) is 56.5 Å². The summed E-state index contributed by atoms with van der Waals surface area (Å²) >= 11 is 0. The number of allylic oxidation sites excluding steroid dienone is 4. The Hall–Kier alpha value is -1.51. The first-order valence-electron chi connectivity index (χ1n) is 7.56. The molecule has 0 saturated carbocycles. The highest BCUT2D eigenvalue weighted by Gasteiger charge is 2.30. The number of alkyl halides is 3. The van der Waals surface area contributed by atoms with Crippen LogP contribution in [0.1, 0.15) is 50.2 Å². The van der Waals surface area contributed by atoms with Gasteiger partial charge in [0.05, 0.1) is 5.56 Å². The lowest BCUT2D eigenvalue weighted by Crippen LogP contribution is -2.04. The Labute approximate surface area is 124 Å². The van der Waals surface area contributed by atoms with Gasteiger partial charge in [-0.2, -0.15) is 13.2 Å². The summed E-state index contributed by atoms with van der Waals surface area (Å²) < 4.78 is 37.6. The van der Waals surface area contributed by atoms with Crippen LogP contribution in [0.15, 0.2) is 42.5 Å². The van der Waals surface area contributed by atoms with Crippen LogP contribution in [0.3, 0.4) is 0 Å². The Bertz CT molecular complexity index is 506. The SMILES string of the molecule is CCCCCC1C=CC(c2ccc(C(F)(F)F)cc2)=CC1. The molecule has 1 aliphatic carbocycles. The molecule has 0 bridgehead atoms. The van der Waals surface area contributed by atoms with E-state index in [-0.39, 0.29) is 0 Å². The predicted molar refractivity (Wildman–Crippen MR) is 80.8 cm³/mol. The molecule has 0 amide bonds. The Morgan fingerprint density at radius 3 is 2.33 bits per heavy atom. The van der Waals surface area contributed by atoms with E-state index < -0.39 is 11.7 Å². The fraction of sp³-hybridized carbons (Fsp3) is 0.444. The molecule has 0 radical (unpaired) electrons. The molecule has 114 valence electrons. The van der Waals surface area contributed by atoms with E-state index in [1.165, 1.54) is 25.7 Å². The van der Waals surface area contributed by atoms with Crippen molar-refractivity contribution in [3.63, 3.8) is 0 Å². The van der Waals surface area contributed by atoms with Crippen LogP contribution in [0.2, 0.25) is 0 Å². The van der Waals surface area contributed by atoms with Crippen LogP contribution in [0.4, 0.5) is 13.2 Å². The molecule has 3 heteroatoms. The zero-order valence-electron chi connectivity index (χ0n) is 12.3. The minimum Gasteiger partial charge on any atom is -0.166 e. The molecule has 0 spiro atoms. The van der Waals surface area contributed by atoms with Gasteiger partial charge in [-0.15, -0.1) is 0 Å². The second-order valence-corrected chi connectivity index (χ2v) is 5.59. The fourth-order valence-corrected chi connectivity index (χ4v) is 2.60. The molecule has 2 rings (SSSR count). The van der Waals surface area contributed by atoms with Crippen molar-refractivity contribution in [1.82, 2.24) is 0 Å². The summed E-state index contributed by atoms with van der Waals surface area (Å²) in [6.45, 7) is 2.19. The van der Waals surface area contributed by atoms with Crippen LogP contribution >= 0.6 is 0 Å². The molecule has 21 heavy (non-hydrogen) atoms. The van der Waals surface area contributed by atoms with Crippen molar-refractivity contribution in [2.24, 2.45) is 5.92 Å². The first kappa shape index (κ1) is 15.9. The van der Waals surface area contributed by atoms with Crippen molar-refractivity contribution < 1.29 is 13.2 Å². The van der Waals surface area contributed by atoms with Gasteiger partial charge in [0.2, 0.25) is 0 Å². The van der Waals surface area contributed by atoms with E-state index in [2.05, 4.69) is 19.1 Å². The summed E-state index contributed by atoms with van der Waals surface area (Å²) in [5, 5.41) is 0. The molecule has 0 heterocycles. The van der Waals surface area contributed by atoms with E-state index in [4.69, 9.17) is 0 Å². The molecule has 0 nitrogen and oxygen atoms in total. The second-order valence-electron chi connectivity index (χ2n) is 5.59. The molecule has 1 unspecified atom stereocenters. The summed E-state index contributed by atoms with van der Waals surface area (Å²) in [6, 6.07) is 5.40. The van der Waals surface area contributed by atoms with E-state index in [0.717, 1.165) is 29.7 Å². The number of halogens is 3. The minimum absolute atomic E-state index is 0.578. The van der Waals surface area contributed by atoms with Crippen molar-refractivity contribution in [3.05, 3.63) is 53.6 Å². The van der Waals surface area contributed by atoms with Crippen molar-refractivity contribution in [2.75, 3.05) is 0 Å². The molecule has 0 N–H and O–H groups in total. The maximum Gasteiger partial charge on any atom is 0.416 e. The van der Waals surface area contributed by atoms with Crippen LogP contribution in [-0.4, -0.2) is 0 Å². The molecule has 0 aromatic heterocycles. The van der Waals surface area contributed by atoms with Crippen LogP contribution in [0.25, 0.3) is 5.57 Å². The summed E-state index contributed by atoms with van der Waals surface area (Å²) in [5.41, 5.74) is 1.28. The second kappa shape index (κ2) is 6.97. The molecular formula is C18H21F3. The van der Waals surface area contributed by atoms with Crippen molar-refractivity contribution >= 4 is 5.57 Å². The lowest BCUT2D eigenvalue weighted by molar-refractivity contribution is -0.137. The lowest BCUT2D eigenvalue weighted by Gasteiger charge is -2.16. The van der Waals surface area contributed by atoms with E-state index >= 15 is 0 Å².